The van der Waals surface area contributed by atoms with E-state index in [1.165, 1.54) is 0 Å². The number of hydrogen-bond donors (Lipinski definition) is 2. The topological polar surface area (TPSA) is 122 Å². The number of allylic oxidation sites excluding steroid dienone is 2. The van der Waals surface area contributed by atoms with E-state index >= 15 is 0 Å². The Labute approximate surface area is 184 Å². The summed E-state index contributed by atoms with van der Waals surface area (Å²) in [6.07, 6.45) is 2.33. The lowest BCUT2D eigenvalue weighted by molar-refractivity contribution is 0.103. The van der Waals surface area contributed by atoms with Crippen LogP contribution in [0.5, 0.6) is 11.5 Å². The van der Waals surface area contributed by atoms with Crippen LogP contribution >= 0.6 is 0 Å². The van der Waals surface area contributed by atoms with Crippen LogP contribution in [-0.2, 0) is 0 Å². The third kappa shape index (κ3) is 4.79. The Morgan fingerprint density at radius 1 is 0.656 bits per heavy atom. The Balaban J connectivity index is 1.97. The van der Waals surface area contributed by atoms with Crippen LogP contribution in [0.2, 0.25) is 0 Å². The van der Waals surface area contributed by atoms with E-state index < -0.39 is 11.6 Å². The first-order chi connectivity index (χ1) is 15.4. The van der Waals surface area contributed by atoms with E-state index in [2.05, 4.69) is 0 Å². The highest BCUT2D eigenvalue weighted by molar-refractivity contribution is 6.15. The maximum Gasteiger partial charge on any atom is 0.203 e. The van der Waals surface area contributed by atoms with Crippen LogP contribution in [-0.4, -0.2) is 21.8 Å². The van der Waals surface area contributed by atoms with Gasteiger partial charge in [0.2, 0.25) is 11.6 Å². The Morgan fingerprint density at radius 2 is 1.00 bits per heavy atom. The van der Waals surface area contributed by atoms with Gasteiger partial charge in [0.25, 0.3) is 0 Å². The molecule has 3 rings (SSSR count). The minimum absolute atomic E-state index is 0.0355. The number of rotatable bonds is 6. The van der Waals surface area contributed by atoms with Gasteiger partial charge in [0.1, 0.15) is 34.8 Å². The number of benzene rings is 3. The molecular formula is C26H16N2O4. The molecule has 0 bridgehead atoms. The van der Waals surface area contributed by atoms with Crippen molar-refractivity contribution in [3.63, 3.8) is 0 Å². The van der Waals surface area contributed by atoms with Crippen LogP contribution in [0.15, 0.2) is 83.9 Å². The lowest BCUT2D eigenvalue weighted by Gasteiger charge is -2.07. The SMILES string of the molecule is N#CC(=Cc1cc(O)c(C=C(C#N)C(=O)c2ccccc2)cc1O)C(=O)c1ccccc1. The maximum atomic E-state index is 12.5. The van der Waals surface area contributed by atoms with Crippen molar-refractivity contribution in [3.8, 4) is 23.6 Å². The van der Waals surface area contributed by atoms with Gasteiger partial charge < -0.3 is 10.2 Å². The van der Waals surface area contributed by atoms with Crippen molar-refractivity contribution >= 4 is 23.7 Å². The molecule has 0 fully saturated rings. The number of Topliss-reactive ketones (excluding diaryl/α,β-unsaturated/α-hetero) is 2. The summed E-state index contributed by atoms with van der Waals surface area (Å²) in [7, 11) is 0. The van der Waals surface area contributed by atoms with Crippen LogP contribution in [0.3, 0.4) is 0 Å². The van der Waals surface area contributed by atoms with Crippen molar-refractivity contribution in [1.82, 2.24) is 0 Å². The summed E-state index contributed by atoms with van der Waals surface area (Å²) in [4.78, 5) is 25.0. The minimum atomic E-state index is -0.531. The molecule has 0 radical (unpaired) electrons. The molecule has 0 atom stereocenters. The predicted molar refractivity (Wildman–Crippen MR) is 118 cm³/mol. The van der Waals surface area contributed by atoms with E-state index in [-0.39, 0.29) is 33.8 Å². The van der Waals surface area contributed by atoms with Crippen molar-refractivity contribution < 1.29 is 19.8 Å². The first kappa shape index (κ1) is 21.8. The summed E-state index contributed by atoms with van der Waals surface area (Å²) in [5, 5.41) is 39.5. The zero-order valence-corrected chi connectivity index (χ0v) is 16.7. The molecule has 2 N–H and O–H groups in total. The lowest BCUT2D eigenvalue weighted by Crippen LogP contribution is -2.02. The van der Waals surface area contributed by atoms with Crippen LogP contribution in [0.25, 0.3) is 12.2 Å². The standard InChI is InChI=1S/C26H16N2O4/c27-15-21(25(31)17-7-3-1-4-8-17)11-19-13-24(30)20(14-23(19)29)12-22(16-28)26(32)18-9-5-2-6-10-18/h1-14,29-30H. The quantitative estimate of drug-likeness (QED) is 0.258. The summed E-state index contributed by atoms with van der Waals surface area (Å²) < 4.78 is 0. The largest absolute Gasteiger partial charge is 0.507 e. The smallest absolute Gasteiger partial charge is 0.203 e. The second-order valence-corrected chi connectivity index (χ2v) is 6.70. The molecule has 0 spiro atoms. The molecule has 6 nitrogen and oxygen atoms in total. The van der Waals surface area contributed by atoms with E-state index in [9.17, 15) is 30.3 Å². The number of carbonyl (C=O) groups is 2. The number of nitrogens with zero attached hydrogens (tertiary/aromatic N) is 2. The van der Waals surface area contributed by atoms with Crippen molar-refractivity contribution in [2.45, 2.75) is 0 Å². The first-order valence-electron chi connectivity index (χ1n) is 9.43. The van der Waals surface area contributed by atoms with E-state index in [1.807, 2.05) is 0 Å². The molecule has 6 heteroatoms. The fourth-order valence-corrected chi connectivity index (χ4v) is 2.94. The third-order valence-corrected chi connectivity index (χ3v) is 4.58. The molecule has 0 aliphatic carbocycles. The Morgan fingerprint density at radius 3 is 1.31 bits per heavy atom. The van der Waals surface area contributed by atoms with Crippen molar-refractivity contribution in [3.05, 3.63) is 106 Å². The molecule has 3 aromatic carbocycles. The monoisotopic (exact) mass is 420 g/mol. The van der Waals surface area contributed by atoms with Gasteiger partial charge in [0.05, 0.1) is 0 Å². The van der Waals surface area contributed by atoms with Gasteiger partial charge in [-0.15, -0.1) is 0 Å². The zero-order valence-electron chi connectivity index (χ0n) is 16.7. The summed E-state index contributed by atoms with van der Waals surface area (Å²) in [5.74, 6) is -1.74. The molecule has 0 amide bonds. The highest BCUT2D eigenvalue weighted by Crippen LogP contribution is 2.31. The predicted octanol–water partition coefficient (Wildman–Crippen LogP) is 4.68. The molecule has 0 saturated carbocycles. The minimum Gasteiger partial charge on any atom is -0.507 e. The van der Waals surface area contributed by atoms with E-state index in [1.54, 1.807) is 72.8 Å². The molecular weight excluding hydrogens is 404 g/mol. The van der Waals surface area contributed by atoms with Crippen molar-refractivity contribution in [2.24, 2.45) is 0 Å². The molecule has 0 aromatic heterocycles. The van der Waals surface area contributed by atoms with E-state index in [4.69, 9.17) is 0 Å². The van der Waals surface area contributed by atoms with Crippen LogP contribution in [0.1, 0.15) is 31.8 Å². The number of aromatic hydroxyl groups is 2. The number of carbonyl (C=O) groups excluding carboxylic acids is 2. The van der Waals surface area contributed by atoms with E-state index in [0.29, 0.717) is 11.1 Å². The number of ketones is 2. The molecule has 154 valence electrons. The van der Waals surface area contributed by atoms with Crippen molar-refractivity contribution in [1.29, 1.82) is 10.5 Å². The first-order valence-corrected chi connectivity index (χ1v) is 9.43. The fraction of sp³-hybridized carbons (Fsp3) is 0. The molecule has 0 aliphatic rings. The Kier molecular flexibility index (Phi) is 6.60. The average molecular weight is 420 g/mol. The van der Waals surface area contributed by atoms with Gasteiger partial charge >= 0.3 is 0 Å². The summed E-state index contributed by atoms with van der Waals surface area (Å²) in [6, 6.07) is 22.3. The molecule has 0 aliphatic heterocycles. The van der Waals surface area contributed by atoms with Gasteiger partial charge in [0.15, 0.2) is 0 Å². The molecule has 0 heterocycles. The van der Waals surface area contributed by atoms with Gasteiger partial charge in [-0.3, -0.25) is 9.59 Å². The summed E-state index contributed by atoms with van der Waals surface area (Å²) in [5.41, 5.74) is 0.224. The Hall–Kier alpha value is -4.94. The second-order valence-electron chi connectivity index (χ2n) is 6.70. The summed E-state index contributed by atoms with van der Waals surface area (Å²) in [6.45, 7) is 0. The number of phenolic OH excluding ortho intramolecular Hbond substituents is 2. The van der Waals surface area contributed by atoms with Gasteiger partial charge in [-0.05, 0) is 24.3 Å². The van der Waals surface area contributed by atoms with E-state index in [0.717, 1.165) is 24.3 Å². The highest BCUT2D eigenvalue weighted by atomic mass is 16.3. The molecule has 32 heavy (non-hydrogen) atoms. The van der Waals surface area contributed by atoms with Gasteiger partial charge in [-0.25, -0.2) is 0 Å². The van der Waals surface area contributed by atoms with Crippen molar-refractivity contribution in [2.75, 3.05) is 0 Å². The molecule has 0 unspecified atom stereocenters. The maximum absolute atomic E-state index is 12.5. The zero-order chi connectivity index (χ0) is 23.1. The lowest BCUT2D eigenvalue weighted by atomic mass is 9.98. The number of hydrogen-bond acceptors (Lipinski definition) is 6. The fourth-order valence-electron chi connectivity index (χ4n) is 2.94. The number of nitriles is 2. The average Bonchev–Trinajstić information content (AvgIpc) is 2.83. The molecule has 0 saturated heterocycles. The highest BCUT2D eigenvalue weighted by Gasteiger charge is 2.16. The number of phenols is 2. The van der Waals surface area contributed by atoms with Crippen LogP contribution < -0.4 is 0 Å². The van der Waals surface area contributed by atoms with Gasteiger partial charge in [-0.2, -0.15) is 10.5 Å². The Bertz CT molecular complexity index is 1220. The van der Waals surface area contributed by atoms with Gasteiger partial charge in [0, 0.05) is 22.3 Å². The second kappa shape index (κ2) is 9.71. The van der Waals surface area contributed by atoms with Gasteiger partial charge in [-0.1, -0.05) is 60.7 Å². The summed E-state index contributed by atoms with van der Waals surface area (Å²) >= 11 is 0. The third-order valence-electron chi connectivity index (χ3n) is 4.58. The van der Waals surface area contributed by atoms with Crippen LogP contribution in [0, 0.1) is 22.7 Å². The van der Waals surface area contributed by atoms with Crippen LogP contribution in [0.4, 0.5) is 0 Å². The normalized spacial score (nSPS) is 11.3. The molecule has 3 aromatic rings.